The van der Waals surface area contributed by atoms with Gasteiger partial charge >= 0.3 is 59.7 Å². The fourth-order valence-electron chi connectivity index (χ4n) is 14.4. The zero-order valence-electron chi connectivity index (χ0n) is 70.2. The SMILES string of the molecule is [B][C@@H]1C(OCc2cn(C[C@H]3OC(OCc4cn(CCOCC)nn4)[C@@H](OC(=O)c4ccccc4)[C@@H](OC(=O)c4ccccc4)[C@@H]3OC(=O)c3ccccc3)nn2)O[C@H](Cn2cc(COCc3cn(C[C@H]4OC(CCl)(OC5O[C@H](COC(C)=O)[C@H](Cl)[C@H](OC(C)=O)[C@H]5OC(C)=O)[C@@H](OC(C)=O)[C@@H]4OC(C)=O)nn3)nn2)[C@@H](OC(=O)c2ccccc2)[C@@H]1OC(=O)c1ccccc1. The summed E-state index contributed by atoms with van der Waals surface area (Å²) in [5.74, 6) is -13.1. The Morgan fingerprint density at radius 1 is 0.395 bits per heavy atom. The van der Waals surface area contributed by atoms with Gasteiger partial charge in [-0.3, -0.25) is 24.0 Å². The van der Waals surface area contributed by atoms with Crippen LogP contribution in [0.1, 0.15) is 116 Å². The van der Waals surface area contributed by atoms with Crippen molar-refractivity contribution < 1.29 is 138 Å². The maximum absolute atomic E-state index is 14.5. The molecule has 4 saturated heterocycles. The molecule has 4 fully saturated rings. The maximum atomic E-state index is 14.5. The Labute approximate surface area is 747 Å². The molecule has 0 amide bonds. The van der Waals surface area contributed by atoms with Crippen molar-refractivity contribution in [3.63, 3.8) is 0 Å². The summed E-state index contributed by atoms with van der Waals surface area (Å²) in [5, 5.41) is 33.1. The molecular formula is C85H89BCl2N12O29. The van der Waals surface area contributed by atoms with Crippen molar-refractivity contribution in [3.8, 4) is 0 Å². The summed E-state index contributed by atoms with van der Waals surface area (Å²) in [4.78, 5) is 135. The molecule has 2 radical (unpaired) electrons. The van der Waals surface area contributed by atoms with Gasteiger partial charge in [0.25, 0.3) is 0 Å². The number of esters is 10. The van der Waals surface area contributed by atoms with Gasteiger partial charge in [0.2, 0.25) is 12.1 Å². The van der Waals surface area contributed by atoms with E-state index < -0.39 is 194 Å². The van der Waals surface area contributed by atoms with Gasteiger partial charge in [0.05, 0.1) is 126 Å². The van der Waals surface area contributed by atoms with Crippen molar-refractivity contribution in [3.05, 3.63) is 227 Å². The number of nitrogens with zero attached hydrogens (tertiary/aromatic N) is 12. The van der Waals surface area contributed by atoms with Crippen molar-refractivity contribution in [2.75, 3.05) is 25.7 Å². The highest BCUT2D eigenvalue weighted by Gasteiger charge is 2.64. The number of hydrogen-bond donors (Lipinski definition) is 0. The number of carbonyl (C=O) groups is 10. The number of ether oxygens (including phenoxy) is 19. The third-order valence-electron chi connectivity index (χ3n) is 20.1. The lowest BCUT2D eigenvalue weighted by Gasteiger charge is -2.45. The molecule has 44 heteroatoms. The molecule has 4 aromatic heterocycles. The van der Waals surface area contributed by atoms with Gasteiger partial charge in [-0.1, -0.05) is 112 Å². The number of hydrogen-bond acceptors (Lipinski definition) is 37. The molecular weight excluding hydrogens is 1730 g/mol. The largest absolute Gasteiger partial charge is 0.463 e. The Kier molecular flexibility index (Phi) is 32.6. The molecule has 5 aromatic carbocycles. The summed E-state index contributed by atoms with van der Waals surface area (Å²) in [5.41, 5.74) is 1.46. The first-order chi connectivity index (χ1) is 62.3. The highest BCUT2D eigenvalue weighted by Crippen LogP contribution is 2.44. The number of alkyl halides is 2. The molecule has 4 unspecified atom stereocenters. The summed E-state index contributed by atoms with van der Waals surface area (Å²) in [6.45, 7) is 5.81. The predicted molar refractivity (Wildman–Crippen MR) is 436 cm³/mol. The Morgan fingerprint density at radius 3 is 1.20 bits per heavy atom. The van der Waals surface area contributed by atoms with E-state index in [-0.39, 0.29) is 84.4 Å². The molecule has 19 atom stereocenters. The minimum absolute atomic E-state index is 0.0902. The van der Waals surface area contributed by atoms with E-state index in [4.69, 9.17) is 121 Å². The average Bonchev–Trinajstić information content (AvgIpc) is 1.61. The number of halogens is 2. The lowest BCUT2D eigenvalue weighted by molar-refractivity contribution is -0.359. The summed E-state index contributed by atoms with van der Waals surface area (Å²) in [6, 6.07) is 39.8. The zero-order valence-corrected chi connectivity index (χ0v) is 71.7. The lowest BCUT2D eigenvalue weighted by atomic mass is 9.76. The smallest absolute Gasteiger partial charge is 0.338 e. The molecule has 0 bridgehead atoms. The van der Waals surface area contributed by atoms with Crippen molar-refractivity contribution in [2.24, 2.45) is 0 Å². The van der Waals surface area contributed by atoms with Crippen LogP contribution in [0.25, 0.3) is 0 Å². The minimum Gasteiger partial charge on any atom is -0.463 e. The lowest BCUT2D eigenvalue weighted by Crippen LogP contribution is -2.63. The first kappa shape index (κ1) is 94.3. The molecule has 9 aromatic rings. The quantitative estimate of drug-likeness (QED) is 0.0145. The van der Waals surface area contributed by atoms with Gasteiger partial charge in [-0.15, -0.1) is 43.6 Å². The molecule has 13 rings (SSSR count). The highest BCUT2D eigenvalue weighted by molar-refractivity contribution is 6.21. The van der Waals surface area contributed by atoms with Gasteiger partial charge < -0.3 is 90.0 Å². The first-order valence-electron chi connectivity index (χ1n) is 40.6. The monoisotopic (exact) mass is 1820 g/mol. The second-order valence-corrected chi connectivity index (χ2v) is 30.5. The van der Waals surface area contributed by atoms with Crippen LogP contribution < -0.4 is 0 Å². The van der Waals surface area contributed by atoms with E-state index in [1.807, 2.05) is 6.92 Å². The summed E-state index contributed by atoms with van der Waals surface area (Å²) >= 11 is 13.5. The first-order valence-corrected chi connectivity index (χ1v) is 41.6. The number of aromatic nitrogens is 12. The van der Waals surface area contributed by atoms with Crippen LogP contribution in [-0.4, -0.2) is 263 Å². The van der Waals surface area contributed by atoms with Gasteiger partial charge in [0.1, 0.15) is 65.3 Å². The third-order valence-corrected chi connectivity index (χ3v) is 21.0. The second kappa shape index (κ2) is 44.6. The molecule has 0 aliphatic carbocycles. The number of rotatable bonds is 39. The fourth-order valence-corrected chi connectivity index (χ4v) is 15.0. The van der Waals surface area contributed by atoms with Crippen molar-refractivity contribution in [2.45, 2.75) is 209 Å². The summed E-state index contributed by atoms with van der Waals surface area (Å²) in [7, 11) is 7.09. The summed E-state index contributed by atoms with van der Waals surface area (Å²) in [6.07, 6.45) is -18.6. The van der Waals surface area contributed by atoms with Crippen LogP contribution in [0.3, 0.4) is 0 Å². The van der Waals surface area contributed by atoms with E-state index >= 15 is 0 Å². The van der Waals surface area contributed by atoms with Crippen LogP contribution in [0.15, 0.2) is 176 Å². The molecule has 129 heavy (non-hydrogen) atoms. The van der Waals surface area contributed by atoms with E-state index in [9.17, 15) is 47.9 Å². The van der Waals surface area contributed by atoms with Crippen LogP contribution >= 0.6 is 23.2 Å². The molecule has 8 heterocycles. The van der Waals surface area contributed by atoms with Gasteiger partial charge in [-0.05, 0) is 67.6 Å². The number of benzene rings is 5. The predicted octanol–water partition coefficient (Wildman–Crippen LogP) is 5.75. The van der Waals surface area contributed by atoms with Crippen molar-refractivity contribution in [1.82, 2.24) is 60.0 Å². The van der Waals surface area contributed by atoms with E-state index in [2.05, 4.69) is 41.2 Å². The van der Waals surface area contributed by atoms with E-state index in [1.54, 1.807) is 102 Å². The summed E-state index contributed by atoms with van der Waals surface area (Å²) < 4.78 is 122. The molecule has 680 valence electrons. The van der Waals surface area contributed by atoms with Gasteiger partial charge in [-0.2, -0.15) is 0 Å². The average molecular weight is 1820 g/mol. The van der Waals surface area contributed by atoms with Crippen LogP contribution in [0, 0.1) is 0 Å². The molecule has 4 aliphatic rings. The molecule has 41 nitrogen and oxygen atoms in total. The standard InChI is InChI=1S/C85H89BCl2N12O29/c1-7-111-34-33-97-35-60(91-93-97)45-115-83-75(127-81(110)57-31-21-12-22-32-57)73(126-80(109)56-29-19-11-20-30-56)69(124-78(107)54-25-15-9-16-26-54)63(121-83)40-99-38-61(92-96-99)44-114-82-66(86)71(125-79(108)55-27-17-10-18-28-55)68(123-77(106)53-23-13-8-14-24-53)62(120-82)39-98-36-58(89-94-98)42-112-43-59-37-100(95-90-59)41-64-70(116-49(3)102)76(119-52(6)105)85(47-87,128-64)129-84-74(118-51(5)104)72(117-50(4)103)67(88)65(122-84)46-113-48(2)101/h8-32,35-38,62-76,82-84H,7,33-34,39-47H2,1-6H3/t62-,63-,64-,65-,66+,67+,68-,69-,70-,71-,72+,73+,74-,75+,76+,82?,83?,84?,85?/m1/s1. The van der Waals surface area contributed by atoms with Crippen LogP contribution in [0.2, 0.25) is 5.82 Å². The Balaban J connectivity index is 0.739. The van der Waals surface area contributed by atoms with E-state index in [1.165, 1.54) is 93.3 Å². The molecule has 0 spiro atoms. The molecule has 0 N–H and O–H groups in total. The third kappa shape index (κ3) is 25.0. The zero-order chi connectivity index (χ0) is 91.3. The highest BCUT2D eigenvalue weighted by atomic mass is 35.5. The Bertz CT molecular complexity index is 5290. The Hall–Kier alpha value is -12.4. The van der Waals surface area contributed by atoms with E-state index in [0.29, 0.717) is 25.5 Å². The van der Waals surface area contributed by atoms with Crippen molar-refractivity contribution >= 4 is 90.7 Å². The van der Waals surface area contributed by atoms with Gasteiger partial charge in [-0.25, -0.2) is 42.7 Å². The van der Waals surface area contributed by atoms with Gasteiger partial charge in [0.15, 0.2) is 61.4 Å². The van der Waals surface area contributed by atoms with Gasteiger partial charge in [0, 0.05) is 47.0 Å². The van der Waals surface area contributed by atoms with Crippen LogP contribution in [-0.2, 0) is 167 Å². The Morgan fingerprint density at radius 2 is 0.760 bits per heavy atom. The van der Waals surface area contributed by atoms with Crippen molar-refractivity contribution in [1.29, 1.82) is 0 Å². The second-order valence-electron chi connectivity index (χ2n) is 29.7. The molecule has 0 saturated carbocycles. The van der Waals surface area contributed by atoms with Crippen LogP contribution in [0.5, 0.6) is 0 Å². The van der Waals surface area contributed by atoms with E-state index in [0.717, 1.165) is 34.6 Å². The topological polar surface area (TPSA) is 469 Å². The van der Waals surface area contributed by atoms with Crippen LogP contribution in [0.4, 0.5) is 0 Å². The normalized spacial score (nSPS) is 25.4. The molecule has 4 aliphatic heterocycles. The minimum atomic E-state index is -2.33. The number of carbonyl (C=O) groups excluding carboxylic acids is 10. The maximum Gasteiger partial charge on any atom is 0.338 e. The fraction of sp³-hybridized carbons (Fsp3) is 0.435.